The molecule has 0 fully saturated rings. The molecule has 0 heterocycles. The van der Waals surface area contributed by atoms with Gasteiger partial charge in [0.15, 0.2) is 0 Å². The van der Waals surface area contributed by atoms with Crippen molar-refractivity contribution < 1.29 is 0 Å². The Morgan fingerprint density at radius 1 is 1.00 bits per heavy atom. The van der Waals surface area contributed by atoms with Crippen LogP contribution in [0.2, 0.25) is 0 Å². The Labute approximate surface area is 112 Å². The molecule has 104 valence electrons. The Kier molecular flexibility index (Phi) is 10.6. The van der Waals surface area contributed by atoms with Crippen molar-refractivity contribution in [1.29, 1.82) is 0 Å². The zero-order chi connectivity index (χ0) is 13.1. The molecule has 3 unspecified atom stereocenters. The molecule has 17 heavy (non-hydrogen) atoms. The molecule has 0 bridgehead atoms. The van der Waals surface area contributed by atoms with E-state index in [4.69, 9.17) is 0 Å². The molecular formula is C16H35P. The van der Waals surface area contributed by atoms with Gasteiger partial charge in [0.1, 0.15) is 0 Å². The molecule has 0 aliphatic carbocycles. The maximum Gasteiger partial charge on any atom is -0.0153 e. The van der Waals surface area contributed by atoms with Gasteiger partial charge in [0, 0.05) is 0 Å². The topological polar surface area (TPSA) is 0 Å². The fourth-order valence-corrected chi connectivity index (χ4v) is 4.17. The maximum atomic E-state index is 2.52. The number of unbranched alkanes of at least 4 members (excludes halogenated alkanes) is 2. The summed E-state index contributed by atoms with van der Waals surface area (Å²) in [7, 11) is 1.18. The third kappa shape index (κ3) is 8.20. The third-order valence-corrected chi connectivity index (χ3v) is 6.46. The lowest BCUT2D eigenvalue weighted by Gasteiger charge is -2.30. The summed E-state index contributed by atoms with van der Waals surface area (Å²) < 4.78 is 0. The summed E-state index contributed by atoms with van der Waals surface area (Å²) in [5, 5.41) is 0.648. The first-order chi connectivity index (χ1) is 8.11. The van der Waals surface area contributed by atoms with Crippen LogP contribution in [-0.4, -0.2) is 11.3 Å². The van der Waals surface area contributed by atoms with Crippen molar-refractivity contribution >= 4 is 8.58 Å². The van der Waals surface area contributed by atoms with Crippen LogP contribution in [0, 0.1) is 5.92 Å². The highest BCUT2D eigenvalue weighted by Gasteiger charge is 2.22. The summed E-state index contributed by atoms with van der Waals surface area (Å²) in [6.07, 6.45) is 12.7. The fraction of sp³-hybridized carbons (Fsp3) is 1.00. The van der Waals surface area contributed by atoms with E-state index >= 15 is 0 Å². The normalized spacial score (nSPS) is 17.5. The lowest BCUT2D eigenvalue weighted by Crippen LogP contribution is -2.19. The smallest absolute Gasteiger partial charge is 0.0153 e. The first-order valence-corrected chi connectivity index (χ1v) is 9.07. The molecule has 0 saturated heterocycles. The van der Waals surface area contributed by atoms with Crippen molar-refractivity contribution in [2.45, 2.75) is 91.1 Å². The van der Waals surface area contributed by atoms with Crippen molar-refractivity contribution in [3.8, 4) is 0 Å². The molecule has 0 saturated carbocycles. The molecule has 0 aromatic rings. The minimum atomic E-state index is 0.648. The van der Waals surface area contributed by atoms with E-state index < -0.39 is 0 Å². The van der Waals surface area contributed by atoms with Gasteiger partial charge < -0.3 is 0 Å². The first-order valence-electron chi connectivity index (χ1n) is 7.86. The van der Waals surface area contributed by atoms with Gasteiger partial charge in [-0.15, -0.1) is 8.58 Å². The highest BCUT2D eigenvalue weighted by atomic mass is 31.1. The minimum absolute atomic E-state index is 0.648. The van der Waals surface area contributed by atoms with Crippen molar-refractivity contribution in [1.82, 2.24) is 0 Å². The average molecular weight is 258 g/mol. The van der Waals surface area contributed by atoms with E-state index in [0.29, 0.717) is 5.16 Å². The molecule has 0 radical (unpaired) electrons. The van der Waals surface area contributed by atoms with Crippen LogP contribution in [-0.2, 0) is 0 Å². The summed E-state index contributed by atoms with van der Waals surface area (Å²) in [6, 6.07) is 0. The van der Waals surface area contributed by atoms with Crippen LogP contribution < -0.4 is 0 Å². The molecule has 0 nitrogen and oxygen atoms in total. The summed E-state index contributed by atoms with van der Waals surface area (Å²) in [5.74, 6) is 1.00. The van der Waals surface area contributed by atoms with Crippen molar-refractivity contribution in [2.75, 3.05) is 6.16 Å². The van der Waals surface area contributed by atoms with E-state index in [1.54, 1.807) is 0 Å². The monoisotopic (exact) mass is 258 g/mol. The molecule has 0 amide bonds. The van der Waals surface area contributed by atoms with Crippen LogP contribution in [0.5, 0.6) is 0 Å². The van der Waals surface area contributed by atoms with Crippen LogP contribution in [0.15, 0.2) is 0 Å². The van der Waals surface area contributed by atoms with Crippen LogP contribution in [0.3, 0.4) is 0 Å². The molecule has 0 aromatic heterocycles. The zero-order valence-corrected chi connectivity index (χ0v) is 13.9. The van der Waals surface area contributed by atoms with Crippen LogP contribution in [0.1, 0.15) is 86.0 Å². The van der Waals surface area contributed by atoms with Gasteiger partial charge in [-0.2, -0.15) is 0 Å². The summed E-state index contributed by atoms with van der Waals surface area (Å²) in [5.41, 5.74) is 0. The van der Waals surface area contributed by atoms with E-state index in [2.05, 4.69) is 34.6 Å². The van der Waals surface area contributed by atoms with Crippen LogP contribution in [0.25, 0.3) is 0 Å². The Morgan fingerprint density at radius 3 is 2.12 bits per heavy atom. The van der Waals surface area contributed by atoms with Crippen molar-refractivity contribution in [2.24, 2.45) is 5.92 Å². The van der Waals surface area contributed by atoms with Gasteiger partial charge in [0.2, 0.25) is 0 Å². The van der Waals surface area contributed by atoms with E-state index in [-0.39, 0.29) is 0 Å². The number of hydrogen-bond donors (Lipinski definition) is 0. The molecule has 0 rings (SSSR count). The predicted octanol–water partition coefficient (Wildman–Crippen LogP) is 6.24. The van der Waals surface area contributed by atoms with Gasteiger partial charge >= 0.3 is 0 Å². The molecule has 0 N–H and O–H groups in total. The Balaban J connectivity index is 4.00. The van der Waals surface area contributed by atoms with Crippen LogP contribution in [0.4, 0.5) is 0 Å². The SMILES string of the molecule is CCCCC(CC)CPC(C)(CC)CCCC. The van der Waals surface area contributed by atoms with E-state index in [0.717, 1.165) is 5.92 Å². The second-order valence-electron chi connectivity index (χ2n) is 5.82. The lowest BCUT2D eigenvalue weighted by molar-refractivity contribution is 0.487. The highest BCUT2D eigenvalue weighted by Crippen LogP contribution is 2.41. The first kappa shape index (κ1) is 17.4. The van der Waals surface area contributed by atoms with Gasteiger partial charge in [-0.05, 0) is 30.1 Å². The maximum absolute atomic E-state index is 2.52. The Bertz CT molecular complexity index is 167. The van der Waals surface area contributed by atoms with Crippen molar-refractivity contribution in [3.63, 3.8) is 0 Å². The standard InChI is InChI=1S/C16H35P/c1-6-10-12-15(8-3)14-17-16(5,9-4)13-11-7-2/h15,17H,6-14H2,1-5H3. The third-order valence-electron chi connectivity index (χ3n) is 4.22. The molecule has 0 aliphatic rings. The molecule has 0 aliphatic heterocycles. The molecular weight excluding hydrogens is 223 g/mol. The van der Waals surface area contributed by atoms with E-state index in [9.17, 15) is 0 Å². The van der Waals surface area contributed by atoms with E-state index in [1.807, 2.05) is 0 Å². The largest absolute Gasteiger partial charge is 0.116 e. The summed E-state index contributed by atoms with van der Waals surface area (Å²) >= 11 is 0. The highest BCUT2D eigenvalue weighted by molar-refractivity contribution is 7.39. The summed E-state index contributed by atoms with van der Waals surface area (Å²) in [6.45, 7) is 11.9. The Morgan fingerprint density at radius 2 is 1.65 bits per heavy atom. The quantitative estimate of drug-likeness (QED) is 0.385. The number of rotatable bonds is 11. The molecule has 1 heteroatoms. The van der Waals surface area contributed by atoms with Crippen LogP contribution >= 0.6 is 8.58 Å². The molecule has 0 spiro atoms. The van der Waals surface area contributed by atoms with Gasteiger partial charge in [0.05, 0.1) is 0 Å². The average Bonchev–Trinajstić information content (AvgIpc) is 2.36. The minimum Gasteiger partial charge on any atom is -0.116 e. The van der Waals surface area contributed by atoms with Gasteiger partial charge in [0.25, 0.3) is 0 Å². The summed E-state index contributed by atoms with van der Waals surface area (Å²) in [4.78, 5) is 0. The molecule has 0 aromatic carbocycles. The molecule has 3 atom stereocenters. The lowest BCUT2D eigenvalue weighted by atomic mass is 10.0. The number of hydrogen-bond acceptors (Lipinski definition) is 0. The second kappa shape index (κ2) is 10.4. The Hall–Kier alpha value is 0.430. The van der Waals surface area contributed by atoms with Gasteiger partial charge in [-0.3, -0.25) is 0 Å². The fourth-order valence-electron chi connectivity index (χ4n) is 2.29. The van der Waals surface area contributed by atoms with Gasteiger partial charge in [-0.25, -0.2) is 0 Å². The predicted molar refractivity (Wildman–Crippen MR) is 84.7 cm³/mol. The second-order valence-corrected chi connectivity index (χ2v) is 7.78. The zero-order valence-electron chi connectivity index (χ0n) is 12.9. The van der Waals surface area contributed by atoms with Gasteiger partial charge in [-0.1, -0.05) is 73.1 Å². The van der Waals surface area contributed by atoms with Crippen molar-refractivity contribution in [3.05, 3.63) is 0 Å². The van der Waals surface area contributed by atoms with E-state index in [1.165, 1.54) is 66.1 Å².